The topological polar surface area (TPSA) is 38.7 Å². The minimum Gasteiger partial charge on any atom is -0.497 e. The van der Waals surface area contributed by atoms with Gasteiger partial charge >= 0.3 is 0 Å². The van der Waals surface area contributed by atoms with E-state index in [1.165, 1.54) is 0 Å². The standard InChI is InChI=1S/C9H10O.C7H8O2/c1-8(10-2)9-6-4-3-5-7-9;8-6-9-7-4-2-1-3-5-7/h3-7H,1H2,2H3;1-5,8H,6H2. The molecule has 2 rings (SSSR count). The van der Waals surface area contributed by atoms with Gasteiger partial charge in [0.15, 0.2) is 6.79 Å². The SMILES string of the molecule is C=C(OC)c1ccccc1.OCOc1ccccc1. The maximum Gasteiger partial charge on any atom is 0.186 e. The predicted molar refractivity (Wildman–Crippen MR) is 76.6 cm³/mol. The molecule has 0 bridgehead atoms. The first-order valence-corrected chi connectivity index (χ1v) is 5.85. The van der Waals surface area contributed by atoms with E-state index in [1.807, 2.05) is 48.5 Å². The molecule has 0 heterocycles. The fourth-order valence-electron chi connectivity index (χ4n) is 1.33. The summed E-state index contributed by atoms with van der Waals surface area (Å²) >= 11 is 0. The maximum atomic E-state index is 8.30. The number of benzene rings is 2. The van der Waals surface area contributed by atoms with Crippen molar-refractivity contribution in [2.45, 2.75) is 0 Å². The summed E-state index contributed by atoms with van der Waals surface area (Å²) in [5.41, 5.74) is 1.03. The van der Waals surface area contributed by atoms with Crippen molar-refractivity contribution in [1.82, 2.24) is 0 Å². The molecule has 3 heteroatoms. The monoisotopic (exact) mass is 258 g/mol. The maximum absolute atomic E-state index is 8.30. The van der Waals surface area contributed by atoms with E-state index in [4.69, 9.17) is 14.6 Å². The van der Waals surface area contributed by atoms with E-state index in [0.29, 0.717) is 11.5 Å². The lowest BCUT2D eigenvalue weighted by molar-refractivity contribution is 0.0985. The van der Waals surface area contributed by atoms with Crippen LogP contribution in [0.2, 0.25) is 0 Å². The third-order valence-corrected chi connectivity index (χ3v) is 2.32. The highest BCUT2D eigenvalue weighted by atomic mass is 16.6. The minimum atomic E-state index is -0.260. The molecule has 0 spiro atoms. The van der Waals surface area contributed by atoms with E-state index in [-0.39, 0.29) is 6.79 Å². The Morgan fingerprint density at radius 1 is 1.00 bits per heavy atom. The lowest BCUT2D eigenvalue weighted by Gasteiger charge is -2.01. The van der Waals surface area contributed by atoms with E-state index in [0.717, 1.165) is 5.56 Å². The smallest absolute Gasteiger partial charge is 0.186 e. The van der Waals surface area contributed by atoms with Gasteiger partial charge in [0.05, 0.1) is 7.11 Å². The fraction of sp³-hybridized carbons (Fsp3) is 0.125. The molecule has 0 aliphatic rings. The predicted octanol–water partition coefficient (Wildman–Crippen LogP) is 3.32. The lowest BCUT2D eigenvalue weighted by Crippen LogP contribution is -1.93. The number of ether oxygens (including phenoxy) is 2. The van der Waals surface area contributed by atoms with E-state index >= 15 is 0 Å². The Hall–Kier alpha value is -2.26. The van der Waals surface area contributed by atoms with Gasteiger partial charge in [-0.25, -0.2) is 0 Å². The van der Waals surface area contributed by atoms with Crippen molar-refractivity contribution in [2.75, 3.05) is 13.9 Å². The first-order valence-electron chi connectivity index (χ1n) is 5.85. The van der Waals surface area contributed by atoms with Gasteiger partial charge < -0.3 is 14.6 Å². The zero-order chi connectivity index (χ0) is 13.9. The van der Waals surface area contributed by atoms with Gasteiger partial charge in [0.25, 0.3) is 0 Å². The second-order valence-corrected chi connectivity index (χ2v) is 3.58. The minimum absolute atomic E-state index is 0.260. The molecule has 0 atom stereocenters. The summed E-state index contributed by atoms with van der Waals surface area (Å²) < 4.78 is 9.70. The summed E-state index contributed by atoms with van der Waals surface area (Å²) in [5.74, 6) is 1.40. The molecular formula is C16H18O3. The van der Waals surface area contributed by atoms with Gasteiger partial charge in [-0.05, 0) is 12.1 Å². The molecule has 0 radical (unpaired) electrons. The Morgan fingerprint density at radius 2 is 1.53 bits per heavy atom. The highest BCUT2D eigenvalue weighted by Gasteiger charge is 1.92. The summed E-state index contributed by atoms with van der Waals surface area (Å²) in [6.45, 7) is 3.46. The van der Waals surface area contributed by atoms with Gasteiger partial charge in [0.1, 0.15) is 11.5 Å². The van der Waals surface area contributed by atoms with Crippen molar-refractivity contribution in [1.29, 1.82) is 0 Å². The first-order chi connectivity index (χ1) is 9.27. The molecule has 2 aromatic carbocycles. The van der Waals surface area contributed by atoms with Crippen LogP contribution in [0.25, 0.3) is 5.76 Å². The molecule has 19 heavy (non-hydrogen) atoms. The molecule has 2 aromatic rings. The number of methoxy groups -OCH3 is 1. The quantitative estimate of drug-likeness (QED) is 0.675. The van der Waals surface area contributed by atoms with Crippen molar-refractivity contribution in [3.8, 4) is 5.75 Å². The molecule has 0 fully saturated rings. The Bertz CT molecular complexity index is 466. The van der Waals surface area contributed by atoms with Crippen LogP contribution in [0.3, 0.4) is 0 Å². The van der Waals surface area contributed by atoms with Gasteiger partial charge in [0, 0.05) is 5.56 Å². The van der Waals surface area contributed by atoms with Crippen LogP contribution in [0.5, 0.6) is 5.75 Å². The third kappa shape index (κ3) is 5.75. The highest BCUT2D eigenvalue weighted by Crippen LogP contribution is 2.10. The van der Waals surface area contributed by atoms with Crippen LogP contribution in [0.4, 0.5) is 0 Å². The largest absolute Gasteiger partial charge is 0.497 e. The number of aliphatic hydroxyl groups excluding tert-OH is 1. The third-order valence-electron chi connectivity index (χ3n) is 2.32. The Morgan fingerprint density at radius 3 is 2.00 bits per heavy atom. The van der Waals surface area contributed by atoms with E-state index in [2.05, 4.69) is 6.58 Å². The average Bonchev–Trinajstić information content (AvgIpc) is 2.49. The van der Waals surface area contributed by atoms with Crippen LogP contribution >= 0.6 is 0 Å². The number of para-hydroxylation sites is 1. The summed E-state index contributed by atoms with van der Waals surface area (Å²) in [6.07, 6.45) is 0. The number of aliphatic hydroxyl groups is 1. The van der Waals surface area contributed by atoms with Crippen LogP contribution in [0.15, 0.2) is 67.2 Å². The Labute approximate surface area is 113 Å². The molecule has 3 nitrogen and oxygen atoms in total. The van der Waals surface area contributed by atoms with Crippen molar-refractivity contribution in [3.63, 3.8) is 0 Å². The van der Waals surface area contributed by atoms with Crippen molar-refractivity contribution < 1.29 is 14.6 Å². The molecule has 1 N–H and O–H groups in total. The molecule has 100 valence electrons. The fourth-order valence-corrected chi connectivity index (χ4v) is 1.33. The van der Waals surface area contributed by atoms with Crippen LogP contribution in [-0.2, 0) is 4.74 Å². The molecule has 0 amide bonds. The molecule has 0 aliphatic heterocycles. The normalized spacial score (nSPS) is 8.95. The molecule has 0 aromatic heterocycles. The molecular weight excluding hydrogens is 240 g/mol. The van der Waals surface area contributed by atoms with Gasteiger partial charge in [-0.15, -0.1) is 0 Å². The molecule has 0 saturated carbocycles. The molecule has 0 unspecified atom stereocenters. The number of hydrogen-bond acceptors (Lipinski definition) is 3. The summed E-state index contributed by atoms with van der Waals surface area (Å²) in [6, 6.07) is 19.0. The van der Waals surface area contributed by atoms with Gasteiger partial charge in [0.2, 0.25) is 0 Å². The zero-order valence-corrected chi connectivity index (χ0v) is 11.0. The van der Waals surface area contributed by atoms with Gasteiger partial charge in [-0.2, -0.15) is 0 Å². The van der Waals surface area contributed by atoms with Gasteiger partial charge in [-0.3, -0.25) is 0 Å². The van der Waals surface area contributed by atoms with Crippen molar-refractivity contribution >= 4 is 5.76 Å². The van der Waals surface area contributed by atoms with E-state index < -0.39 is 0 Å². The van der Waals surface area contributed by atoms with Crippen LogP contribution in [0.1, 0.15) is 5.56 Å². The molecule has 0 saturated heterocycles. The number of rotatable bonds is 4. The zero-order valence-electron chi connectivity index (χ0n) is 11.0. The highest BCUT2D eigenvalue weighted by molar-refractivity contribution is 5.56. The average molecular weight is 258 g/mol. The van der Waals surface area contributed by atoms with Crippen molar-refractivity contribution in [3.05, 3.63) is 72.8 Å². The van der Waals surface area contributed by atoms with Crippen molar-refractivity contribution in [2.24, 2.45) is 0 Å². The van der Waals surface area contributed by atoms with Gasteiger partial charge in [-0.1, -0.05) is 55.1 Å². The lowest BCUT2D eigenvalue weighted by atomic mass is 10.2. The first kappa shape index (κ1) is 14.8. The number of hydrogen-bond donors (Lipinski definition) is 1. The van der Waals surface area contributed by atoms with E-state index in [9.17, 15) is 0 Å². The Kier molecular flexibility index (Phi) is 6.84. The van der Waals surface area contributed by atoms with Crippen LogP contribution in [0, 0.1) is 0 Å². The van der Waals surface area contributed by atoms with E-state index in [1.54, 1.807) is 19.2 Å². The summed E-state index contributed by atoms with van der Waals surface area (Å²) in [4.78, 5) is 0. The van der Waals surface area contributed by atoms with Crippen LogP contribution < -0.4 is 4.74 Å². The van der Waals surface area contributed by atoms with Crippen LogP contribution in [-0.4, -0.2) is 19.0 Å². The summed E-state index contributed by atoms with van der Waals surface area (Å²) in [5, 5.41) is 8.30. The molecule has 0 aliphatic carbocycles. The second-order valence-electron chi connectivity index (χ2n) is 3.58. The second kappa shape index (κ2) is 8.78. The summed E-state index contributed by atoms with van der Waals surface area (Å²) in [7, 11) is 1.62. The Balaban J connectivity index is 0.000000191.